The van der Waals surface area contributed by atoms with Crippen molar-refractivity contribution in [2.75, 3.05) is 6.54 Å². The molecule has 2 aliphatic rings. The van der Waals surface area contributed by atoms with Gasteiger partial charge < -0.3 is 15.2 Å². The zero-order valence-electron chi connectivity index (χ0n) is 13.1. The van der Waals surface area contributed by atoms with Crippen molar-refractivity contribution in [3.05, 3.63) is 35.9 Å². The Morgan fingerprint density at radius 1 is 1.30 bits per heavy atom. The monoisotopic (exact) mass is 318 g/mol. The largest absolute Gasteiger partial charge is 0.445 e. The van der Waals surface area contributed by atoms with Crippen LogP contribution in [0.5, 0.6) is 0 Å². The number of nitrogens with zero attached hydrogens (tertiary/aromatic N) is 1. The molecule has 4 atom stereocenters. The summed E-state index contributed by atoms with van der Waals surface area (Å²) in [5.41, 5.74) is 0.883. The van der Waals surface area contributed by atoms with Crippen LogP contribution in [0.2, 0.25) is 0 Å². The molecule has 2 N–H and O–H groups in total. The van der Waals surface area contributed by atoms with Crippen LogP contribution in [0.25, 0.3) is 0 Å². The lowest BCUT2D eigenvalue weighted by Gasteiger charge is -2.23. The van der Waals surface area contributed by atoms with Crippen LogP contribution < -0.4 is 5.32 Å². The number of likely N-dealkylation sites (tertiary alicyclic amines) is 1. The first-order valence-electron chi connectivity index (χ1n) is 8.00. The summed E-state index contributed by atoms with van der Waals surface area (Å²) in [5.74, 6) is 0.288. The number of aliphatic hydroxyl groups excluding tert-OH is 1. The molecule has 6 heteroatoms. The average Bonchev–Trinajstić information content (AvgIpc) is 3.08. The molecule has 0 radical (unpaired) electrons. The first-order valence-corrected chi connectivity index (χ1v) is 8.00. The van der Waals surface area contributed by atoms with Crippen molar-refractivity contribution >= 4 is 12.0 Å². The highest BCUT2D eigenvalue weighted by atomic mass is 16.6. The van der Waals surface area contributed by atoms with Crippen LogP contribution in [0.3, 0.4) is 0 Å². The van der Waals surface area contributed by atoms with Gasteiger partial charge in [0.25, 0.3) is 0 Å². The van der Waals surface area contributed by atoms with Gasteiger partial charge in [0, 0.05) is 12.5 Å². The van der Waals surface area contributed by atoms with E-state index in [9.17, 15) is 14.7 Å². The molecule has 0 unspecified atom stereocenters. The van der Waals surface area contributed by atoms with Gasteiger partial charge in [0.2, 0.25) is 5.91 Å². The lowest BCUT2D eigenvalue weighted by molar-refractivity contribution is -0.125. The zero-order valence-corrected chi connectivity index (χ0v) is 13.1. The van der Waals surface area contributed by atoms with E-state index in [-0.39, 0.29) is 31.5 Å². The van der Waals surface area contributed by atoms with Gasteiger partial charge in [-0.3, -0.25) is 9.69 Å². The van der Waals surface area contributed by atoms with Crippen molar-refractivity contribution in [3.63, 3.8) is 0 Å². The van der Waals surface area contributed by atoms with Crippen LogP contribution in [0.15, 0.2) is 30.3 Å². The molecule has 1 saturated heterocycles. The van der Waals surface area contributed by atoms with E-state index >= 15 is 0 Å². The van der Waals surface area contributed by atoms with Crippen LogP contribution in [0, 0.1) is 5.92 Å². The van der Waals surface area contributed by atoms with E-state index in [4.69, 9.17) is 4.74 Å². The third-order valence-corrected chi connectivity index (χ3v) is 4.46. The van der Waals surface area contributed by atoms with Gasteiger partial charge >= 0.3 is 6.09 Å². The van der Waals surface area contributed by atoms with E-state index in [1.165, 1.54) is 4.90 Å². The normalized spacial score (nSPS) is 29.2. The summed E-state index contributed by atoms with van der Waals surface area (Å²) in [7, 11) is 0. The SMILES string of the molecule is C[C@@H]1C[C@@H]1NC(=O)[C@@H]1C[C@@H](O)CN1C(=O)OCc1ccccc1. The van der Waals surface area contributed by atoms with Gasteiger partial charge in [0.05, 0.1) is 12.6 Å². The number of carbonyl (C=O) groups is 2. The Labute approximate surface area is 135 Å². The maximum absolute atomic E-state index is 12.3. The van der Waals surface area contributed by atoms with Gasteiger partial charge in [-0.2, -0.15) is 0 Å². The van der Waals surface area contributed by atoms with Crippen molar-refractivity contribution in [2.45, 2.75) is 44.6 Å². The van der Waals surface area contributed by atoms with E-state index in [1.54, 1.807) is 0 Å². The number of carbonyl (C=O) groups excluding carboxylic acids is 2. The number of hydrogen-bond donors (Lipinski definition) is 2. The highest BCUT2D eigenvalue weighted by Crippen LogP contribution is 2.30. The predicted octanol–water partition coefficient (Wildman–Crippen LogP) is 1.28. The first kappa shape index (κ1) is 15.8. The van der Waals surface area contributed by atoms with Crippen molar-refractivity contribution < 1.29 is 19.4 Å². The number of β-amino-alcohol motifs (C(OH)–C–C–N with tert-alkyl or cyclic N) is 1. The quantitative estimate of drug-likeness (QED) is 0.876. The van der Waals surface area contributed by atoms with Gasteiger partial charge in [-0.1, -0.05) is 37.3 Å². The second-order valence-electron chi connectivity index (χ2n) is 6.43. The molecule has 0 bridgehead atoms. The predicted molar refractivity (Wildman–Crippen MR) is 83.5 cm³/mol. The molecule has 0 aromatic heterocycles. The van der Waals surface area contributed by atoms with Gasteiger partial charge in [-0.25, -0.2) is 4.79 Å². The van der Waals surface area contributed by atoms with Gasteiger partial charge in [0.15, 0.2) is 0 Å². The maximum Gasteiger partial charge on any atom is 0.410 e. The fourth-order valence-corrected chi connectivity index (χ4v) is 2.87. The molecule has 0 spiro atoms. The van der Waals surface area contributed by atoms with Crippen LogP contribution >= 0.6 is 0 Å². The molecule has 1 aliphatic heterocycles. The molecule has 2 fully saturated rings. The van der Waals surface area contributed by atoms with E-state index in [0.717, 1.165) is 12.0 Å². The molecular formula is C17H22N2O4. The summed E-state index contributed by atoms with van der Waals surface area (Å²) in [5, 5.41) is 12.8. The molecule has 1 aliphatic carbocycles. The van der Waals surface area contributed by atoms with Crippen LogP contribution in [-0.2, 0) is 16.1 Å². The van der Waals surface area contributed by atoms with E-state index in [0.29, 0.717) is 5.92 Å². The van der Waals surface area contributed by atoms with Crippen molar-refractivity contribution in [2.24, 2.45) is 5.92 Å². The van der Waals surface area contributed by atoms with Gasteiger partial charge in [-0.05, 0) is 17.9 Å². The fourth-order valence-electron chi connectivity index (χ4n) is 2.87. The summed E-state index contributed by atoms with van der Waals surface area (Å²) >= 11 is 0. The summed E-state index contributed by atoms with van der Waals surface area (Å²) in [6, 6.07) is 8.91. The molecule has 1 aromatic carbocycles. The summed E-state index contributed by atoms with van der Waals surface area (Å²) in [4.78, 5) is 25.9. The molecule has 1 aromatic rings. The van der Waals surface area contributed by atoms with E-state index in [1.807, 2.05) is 30.3 Å². The van der Waals surface area contributed by atoms with Crippen LogP contribution in [0.4, 0.5) is 4.79 Å². The molecule has 2 amide bonds. The standard InChI is InChI=1S/C17H22N2O4/c1-11-7-14(11)18-16(21)15-8-13(20)9-19(15)17(22)23-10-12-5-3-2-4-6-12/h2-6,11,13-15,20H,7-10H2,1H3,(H,18,21)/t11-,13-,14+,15+/m1/s1. The second-order valence-corrected chi connectivity index (χ2v) is 6.43. The smallest absolute Gasteiger partial charge is 0.410 e. The lowest BCUT2D eigenvalue weighted by atomic mass is 10.2. The Morgan fingerprint density at radius 3 is 2.65 bits per heavy atom. The minimum Gasteiger partial charge on any atom is -0.445 e. The van der Waals surface area contributed by atoms with Crippen molar-refractivity contribution in [1.29, 1.82) is 0 Å². The first-order chi connectivity index (χ1) is 11.0. The Kier molecular flexibility index (Phi) is 4.52. The number of ether oxygens (including phenoxy) is 1. The Bertz CT molecular complexity index is 577. The minimum absolute atomic E-state index is 0.131. The Hall–Kier alpha value is -2.08. The van der Waals surface area contributed by atoms with Crippen LogP contribution in [0.1, 0.15) is 25.3 Å². The van der Waals surface area contributed by atoms with E-state index < -0.39 is 18.2 Å². The lowest BCUT2D eigenvalue weighted by Crippen LogP contribution is -2.46. The molecule has 1 saturated carbocycles. The highest BCUT2D eigenvalue weighted by molar-refractivity contribution is 5.86. The molecule has 6 nitrogen and oxygen atoms in total. The summed E-state index contributed by atoms with van der Waals surface area (Å²) < 4.78 is 5.28. The number of hydrogen-bond acceptors (Lipinski definition) is 4. The number of aliphatic hydroxyl groups is 1. The zero-order chi connectivity index (χ0) is 16.4. The molecule has 23 heavy (non-hydrogen) atoms. The topological polar surface area (TPSA) is 78.9 Å². The minimum atomic E-state index is -0.688. The summed E-state index contributed by atoms with van der Waals surface area (Å²) in [6.45, 7) is 2.35. The molecule has 3 rings (SSSR count). The number of nitrogens with one attached hydrogen (secondary N) is 1. The highest BCUT2D eigenvalue weighted by Gasteiger charge is 2.42. The average molecular weight is 318 g/mol. The molecule has 1 heterocycles. The molecular weight excluding hydrogens is 296 g/mol. The number of benzene rings is 1. The number of rotatable bonds is 4. The Balaban J connectivity index is 1.57. The van der Waals surface area contributed by atoms with Gasteiger partial charge in [0.1, 0.15) is 12.6 Å². The fraction of sp³-hybridized carbons (Fsp3) is 0.529. The third kappa shape index (κ3) is 3.82. The maximum atomic E-state index is 12.3. The second kappa shape index (κ2) is 6.58. The van der Waals surface area contributed by atoms with Crippen molar-refractivity contribution in [3.8, 4) is 0 Å². The van der Waals surface area contributed by atoms with E-state index in [2.05, 4.69) is 12.2 Å². The Morgan fingerprint density at radius 2 is 2.00 bits per heavy atom. The van der Waals surface area contributed by atoms with Gasteiger partial charge in [-0.15, -0.1) is 0 Å². The number of amides is 2. The molecule has 124 valence electrons. The van der Waals surface area contributed by atoms with Crippen LogP contribution in [-0.4, -0.2) is 46.7 Å². The summed E-state index contributed by atoms with van der Waals surface area (Å²) in [6.07, 6.45) is -0.0200. The van der Waals surface area contributed by atoms with Crippen molar-refractivity contribution in [1.82, 2.24) is 10.2 Å². The third-order valence-electron chi connectivity index (χ3n) is 4.46.